The van der Waals surface area contributed by atoms with E-state index in [-0.39, 0.29) is 0 Å². The van der Waals surface area contributed by atoms with Crippen LogP contribution in [0.4, 0.5) is 5.82 Å². The molecule has 3 heterocycles. The molecule has 1 aliphatic rings. The second kappa shape index (κ2) is 4.40. The quantitative estimate of drug-likeness (QED) is 0.874. The molecule has 94 valence electrons. The molecule has 1 unspecified atom stereocenters. The summed E-state index contributed by atoms with van der Waals surface area (Å²) >= 11 is 0. The molecule has 1 N–H and O–H groups in total. The molecule has 18 heavy (non-hydrogen) atoms. The van der Waals surface area contributed by atoms with E-state index in [1.54, 1.807) is 0 Å². The summed E-state index contributed by atoms with van der Waals surface area (Å²) in [7, 11) is 0. The highest BCUT2D eigenvalue weighted by atomic mass is 15.2. The number of hydrogen-bond acceptors (Lipinski definition) is 4. The van der Waals surface area contributed by atoms with E-state index < -0.39 is 0 Å². The molecular weight excluding hydrogens is 226 g/mol. The van der Waals surface area contributed by atoms with E-state index in [0.29, 0.717) is 5.92 Å². The van der Waals surface area contributed by atoms with E-state index in [1.165, 1.54) is 0 Å². The smallest absolute Gasteiger partial charge is 0.132 e. The molecule has 0 aliphatic carbocycles. The predicted octanol–water partition coefficient (Wildman–Crippen LogP) is 1.81. The van der Waals surface area contributed by atoms with Crippen molar-refractivity contribution in [2.75, 3.05) is 18.0 Å². The van der Waals surface area contributed by atoms with Crippen molar-refractivity contribution in [1.82, 2.24) is 19.9 Å². The van der Waals surface area contributed by atoms with Crippen molar-refractivity contribution in [2.45, 2.75) is 26.2 Å². The van der Waals surface area contributed by atoms with Crippen molar-refractivity contribution in [1.29, 1.82) is 0 Å². The van der Waals surface area contributed by atoms with Gasteiger partial charge in [-0.15, -0.1) is 0 Å². The number of H-pyrrole nitrogens is 1. The maximum Gasteiger partial charge on any atom is 0.132 e. The summed E-state index contributed by atoms with van der Waals surface area (Å²) in [5.41, 5.74) is 1.13. The standard InChI is InChI=1S/C13H17N5/c1-9-7-15-13(16-9)11-4-6-18(8-11)12-3-5-14-10(2)17-12/h3,5,7,11H,4,6,8H2,1-2H3,(H,15,16). The molecule has 5 nitrogen and oxygen atoms in total. The molecule has 0 aromatic carbocycles. The van der Waals surface area contributed by atoms with Gasteiger partial charge in [-0.25, -0.2) is 15.0 Å². The Balaban J connectivity index is 1.75. The molecule has 2 aromatic rings. The Morgan fingerprint density at radius 1 is 1.33 bits per heavy atom. The first-order chi connectivity index (χ1) is 8.72. The van der Waals surface area contributed by atoms with E-state index in [2.05, 4.69) is 24.8 Å². The van der Waals surface area contributed by atoms with Crippen LogP contribution in [0.3, 0.4) is 0 Å². The number of anilines is 1. The number of aromatic nitrogens is 4. The van der Waals surface area contributed by atoms with E-state index in [4.69, 9.17) is 0 Å². The number of aromatic amines is 1. The molecule has 0 radical (unpaired) electrons. The second-order valence-electron chi connectivity index (χ2n) is 4.85. The van der Waals surface area contributed by atoms with Gasteiger partial charge in [0.1, 0.15) is 17.5 Å². The van der Waals surface area contributed by atoms with Gasteiger partial charge in [-0.3, -0.25) is 0 Å². The van der Waals surface area contributed by atoms with Crippen molar-refractivity contribution in [3.8, 4) is 0 Å². The maximum atomic E-state index is 4.47. The number of nitrogens with one attached hydrogen (secondary N) is 1. The lowest BCUT2D eigenvalue weighted by atomic mass is 10.1. The van der Waals surface area contributed by atoms with Gasteiger partial charge in [-0.2, -0.15) is 0 Å². The third-order valence-electron chi connectivity index (χ3n) is 3.38. The fourth-order valence-electron chi connectivity index (χ4n) is 2.45. The molecule has 1 atom stereocenters. The highest BCUT2D eigenvalue weighted by Crippen LogP contribution is 2.27. The minimum absolute atomic E-state index is 0.481. The van der Waals surface area contributed by atoms with Crippen LogP contribution in [0.2, 0.25) is 0 Å². The van der Waals surface area contributed by atoms with Crippen molar-refractivity contribution < 1.29 is 0 Å². The van der Waals surface area contributed by atoms with Crippen molar-refractivity contribution in [3.63, 3.8) is 0 Å². The molecule has 1 fully saturated rings. The minimum Gasteiger partial charge on any atom is -0.356 e. The SMILES string of the molecule is Cc1nccc(N2CCC(c3ncc(C)[nH]3)C2)n1. The Labute approximate surface area is 106 Å². The summed E-state index contributed by atoms with van der Waals surface area (Å²) in [4.78, 5) is 18.7. The predicted molar refractivity (Wildman–Crippen MR) is 69.7 cm³/mol. The molecule has 5 heteroatoms. The van der Waals surface area contributed by atoms with Crippen molar-refractivity contribution in [3.05, 3.63) is 35.8 Å². The topological polar surface area (TPSA) is 57.7 Å². The van der Waals surface area contributed by atoms with Crippen molar-refractivity contribution >= 4 is 5.82 Å². The van der Waals surface area contributed by atoms with Gasteiger partial charge in [0.05, 0.1) is 0 Å². The number of imidazole rings is 1. The summed E-state index contributed by atoms with van der Waals surface area (Å²) in [5.74, 6) is 3.42. The number of nitrogens with zero attached hydrogens (tertiary/aromatic N) is 4. The summed E-state index contributed by atoms with van der Waals surface area (Å²) < 4.78 is 0. The molecule has 0 spiro atoms. The Morgan fingerprint density at radius 2 is 2.22 bits per heavy atom. The molecule has 0 saturated carbocycles. The average Bonchev–Trinajstić information content (AvgIpc) is 2.97. The van der Waals surface area contributed by atoms with Gasteiger partial charge < -0.3 is 9.88 Å². The van der Waals surface area contributed by atoms with Gasteiger partial charge in [0.25, 0.3) is 0 Å². The Morgan fingerprint density at radius 3 is 2.94 bits per heavy atom. The summed E-state index contributed by atoms with van der Waals surface area (Å²) in [5, 5.41) is 0. The van der Waals surface area contributed by atoms with Crippen LogP contribution in [0.15, 0.2) is 18.5 Å². The van der Waals surface area contributed by atoms with Gasteiger partial charge in [-0.05, 0) is 26.3 Å². The van der Waals surface area contributed by atoms with Crippen LogP contribution in [0, 0.1) is 13.8 Å². The fraction of sp³-hybridized carbons (Fsp3) is 0.462. The number of aryl methyl sites for hydroxylation is 2. The largest absolute Gasteiger partial charge is 0.356 e. The van der Waals surface area contributed by atoms with Gasteiger partial charge in [0, 0.05) is 37.1 Å². The zero-order valence-corrected chi connectivity index (χ0v) is 10.7. The molecule has 0 amide bonds. The molecule has 1 aliphatic heterocycles. The highest BCUT2D eigenvalue weighted by molar-refractivity contribution is 5.39. The Bertz CT molecular complexity index is 548. The first-order valence-corrected chi connectivity index (χ1v) is 6.28. The molecule has 2 aromatic heterocycles. The molecule has 3 rings (SSSR count). The monoisotopic (exact) mass is 243 g/mol. The fourth-order valence-corrected chi connectivity index (χ4v) is 2.45. The van der Waals surface area contributed by atoms with Crippen molar-refractivity contribution in [2.24, 2.45) is 0 Å². The number of hydrogen-bond donors (Lipinski definition) is 1. The summed E-state index contributed by atoms with van der Waals surface area (Å²) in [6.07, 6.45) is 4.84. The van der Waals surface area contributed by atoms with Gasteiger partial charge >= 0.3 is 0 Å². The van der Waals surface area contributed by atoms with Crippen LogP contribution in [0.5, 0.6) is 0 Å². The lowest BCUT2D eigenvalue weighted by Gasteiger charge is -2.16. The van der Waals surface area contributed by atoms with Crippen LogP contribution in [-0.2, 0) is 0 Å². The van der Waals surface area contributed by atoms with Gasteiger partial charge in [0.15, 0.2) is 0 Å². The lowest BCUT2D eigenvalue weighted by Crippen LogP contribution is -2.21. The van der Waals surface area contributed by atoms with E-state index in [1.807, 2.05) is 32.3 Å². The Hall–Kier alpha value is -1.91. The van der Waals surface area contributed by atoms with Crippen LogP contribution >= 0.6 is 0 Å². The van der Waals surface area contributed by atoms with Crippen LogP contribution in [0.25, 0.3) is 0 Å². The molecule has 1 saturated heterocycles. The summed E-state index contributed by atoms with van der Waals surface area (Å²) in [6.45, 7) is 5.97. The minimum atomic E-state index is 0.481. The third kappa shape index (κ3) is 2.08. The third-order valence-corrected chi connectivity index (χ3v) is 3.38. The van der Waals surface area contributed by atoms with Gasteiger partial charge in [-0.1, -0.05) is 0 Å². The lowest BCUT2D eigenvalue weighted by molar-refractivity contribution is 0.720. The van der Waals surface area contributed by atoms with E-state index in [9.17, 15) is 0 Å². The van der Waals surface area contributed by atoms with Crippen LogP contribution < -0.4 is 4.90 Å². The zero-order chi connectivity index (χ0) is 12.5. The van der Waals surface area contributed by atoms with Crippen LogP contribution in [-0.4, -0.2) is 33.0 Å². The normalized spacial score (nSPS) is 19.4. The van der Waals surface area contributed by atoms with Gasteiger partial charge in [0.2, 0.25) is 0 Å². The maximum absolute atomic E-state index is 4.47. The molecule has 0 bridgehead atoms. The highest BCUT2D eigenvalue weighted by Gasteiger charge is 2.26. The van der Waals surface area contributed by atoms with E-state index >= 15 is 0 Å². The Kier molecular flexibility index (Phi) is 2.74. The van der Waals surface area contributed by atoms with Crippen LogP contribution in [0.1, 0.15) is 29.7 Å². The summed E-state index contributed by atoms with van der Waals surface area (Å²) in [6, 6.07) is 1.97. The molecular formula is C13H17N5. The van der Waals surface area contributed by atoms with E-state index in [0.717, 1.165) is 42.7 Å². The first-order valence-electron chi connectivity index (χ1n) is 6.28. The average molecular weight is 243 g/mol. The second-order valence-corrected chi connectivity index (χ2v) is 4.85. The first kappa shape index (κ1) is 11.2. The zero-order valence-electron chi connectivity index (χ0n) is 10.7. The number of rotatable bonds is 2.